The van der Waals surface area contributed by atoms with Crippen molar-refractivity contribution >= 4 is 17.6 Å². The van der Waals surface area contributed by atoms with Gasteiger partial charge in [0, 0.05) is 29.6 Å². The van der Waals surface area contributed by atoms with Crippen LogP contribution < -0.4 is 11.1 Å². The van der Waals surface area contributed by atoms with Crippen molar-refractivity contribution in [2.24, 2.45) is 10.7 Å². The second kappa shape index (κ2) is 4.29. The summed E-state index contributed by atoms with van der Waals surface area (Å²) < 4.78 is 13.6. The van der Waals surface area contributed by atoms with E-state index >= 15 is 0 Å². The van der Waals surface area contributed by atoms with E-state index in [-0.39, 0.29) is 17.8 Å². The predicted molar refractivity (Wildman–Crippen MR) is 63.2 cm³/mol. The van der Waals surface area contributed by atoms with Gasteiger partial charge in [0.25, 0.3) is 0 Å². The Morgan fingerprint density at radius 2 is 2.38 bits per heavy atom. The largest absolute Gasteiger partial charge is 0.370 e. The summed E-state index contributed by atoms with van der Waals surface area (Å²) in [5.41, 5.74) is 6.12. The number of aliphatic imine (C=N–C) groups is 1. The molecule has 0 amide bonds. The van der Waals surface area contributed by atoms with Gasteiger partial charge in [0.05, 0.1) is 0 Å². The van der Waals surface area contributed by atoms with E-state index in [0.717, 1.165) is 6.42 Å². The van der Waals surface area contributed by atoms with Crippen LogP contribution in [0.1, 0.15) is 17.9 Å². The molecule has 5 heteroatoms. The Hall–Kier alpha value is -1.29. The van der Waals surface area contributed by atoms with E-state index in [0.29, 0.717) is 16.5 Å². The van der Waals surface area contributed by atoms with E-state index in [4.69, 9.17) is 17.3 Å². The predicted octanol–water partition coefficient (Wildman–Crippen LogP) is 1.87. The van der Waals surface area contributed by atoms with Crippen molar-refractivity contribution in [3.05, 3.63) is 34.6 Å². The summed E-state index contributed by atoms with van der Waals surface area (Å²) in [5.74, 6) is 0.211. The molecule has 1 aromatic rings. The number of nitrogens with one attached hydrogen (secondary N) is 1. The number of nitrogens with zero attached hydrogens (tertiary/aromatic N) is 1. The summed E-state index contributed by atoms with van der Waals surface area (Å²) >= 11 is 5.97. The van der Waals surface area contributed by atoms with Crippen LogP contribution in [0.2, 0.25) is 5.02 Å². The molecule has 0 bridgehead atoms. The summed E-state index contributed by atoms with van der Waals surface area (Å²) in [6.45, 7) is 0. The highest BCUT2D eigenvalue weighted by Gasteiger charge is 2.41. The van der Waals surface area contributed by atoms with Crippen molar-refractivity contribution < 1.29 is 4.39 Å². The second-order valence-corrected chi connectivity index (χ2v) is 4.24. The maximum atomic E-state index is 13.6. The van der Waals surface area contributed by atoms with Crippen molar-refractivity contribution in [2.75, 3.05) is 7.05 Å². The van der Waals surface area contributed by atoms with Gasteiger partial charge in [0.1, 0.15) is 5.82 Å². The van der Waals surface area contributed by atoms with E-state index in [1.54, 1.807) is 19.2 Å². The molecule has 1 aromatic carbocycles. The summed E-state index contributed by atoms with van der Waals surface area (Å²) in [6, 6.07) is 4.87. The quantitative estimate of drug-likeness (QED) is 0.614. The Labute approximate surface area is 98.5 Å². The normalized spacial score (nSPS) is 24.3. The highest BCUT2D eigenvalue weighted by Crippen LogP contribution is 2.44. The Bertz CT molecular complexity index is 413. The minimum Gasteiger partial charge on any atom is -0.370 e. The monoisotopic (exact) mass is 241 g/mol. The lowest BCUT2D eigenvalue weighted by Crippen LogP contribution is -2.33. The fraction of sp³-hybridized carbons (Fsp3) is 0.364. The van der Waals surface area contributed by atoms with Crippen molar-refractivity contribution in [3.63, 3.8) is 0 Å². The molecule has 86 valence electrons. The minimum absolute atomic E-state index is 0.0917. The maximum Gasteiger partial charge on any atom is 0.188 e. The first-order valence-corrected chi connectivity index (χ1v) is 5.44. The third-order valence-corrected chi connectivity index (χ3v) is 3.06. The Morgan fingerprint density at radius 3 is 3.00 bits per heavy atom. The third kappa shape index (κ3) is 2.11. The van der Waals surface area contributed by atoms with Gasteiger partial charge in [0.2, 0.25) is 0 Å². The lowest BCUT2D eigenvalue weighted by Gasteiger charge is -2.06. The summed E-state index contributed by atoms with van der Waals surface area (Å²) in [5, 5.41) is 3.48. The highest BCUT2D eigenvalue weighted by molar-refractivity contribution is 6.31. The fourth-order valence-electron chi connectivity index (χ4n) is 1.79. The molecule has 1 fully saturated rings. The average molecular weight is 242 g/mol. The van der Waals surface area contributed by atoms with Gasteiger partial charge in [-0.1, -0.05) is 17.7 Å². The van der Waals surface area contributed by atoms with Gasteiger partial charge in [-0.05, 0) is 18.6 Å². The molecule has 2 atom stereocenters. The van der Waals surface area contributed by atoms with E-state index in [1.165, 1.54) is 6.07 Å². The number of rotatable bonds is 2. The molecule has 3 nitrogen and oxygen atoms in total. The molecule has 2 rings (SSSR count). The van der Waals surface area contributed by atoms with Crippen LogP contribution in [0.25, 0.3) is 0 Å². The molecular weight excluding hydrogens is 229 g/mol. The summed E-state index contributed by atoms with van der Waals surface area (Å²) in [6.07, 6.45) is 0.830. The Morgan fingerprint density at radius 1 is 1.62 bits per heavy atom. The molecule has 0 heterocycles. The van der Waals surface area contributed by atoms with E-state index in [2.05, 4.69) is 10.3 Å². The molecule has 1 aliphatic rings. The number of benzene rings is 1. The lowest BCUT2D eigenvalue weighted by molar-refractivity contribution is 0.608. The standard InChI is InChI=1S/C11H13ClFN3/c1-15-11(14)16-9-5-6(9)10-7(12)3-2-4-8(10)13/h2-4,6,9H,5H2,1H3,(H3,14,15,16)/t6-,9-/m1/s1. The number of guanidine groups is 1. The van der Waals surface area contributed by atoms with Crippen LogP contribution in [0, 0.1) is 5.82 Å². The Kier molecular flexibility index (Phi) is 3.01. The molecule has 0 saturated heterocycles. The fourth-order valence-corrected chi connectivity index (χ4v) is 2.10. The molecule has 16 heavy (non-hydrogen) atoms. The van der Waals surface area contributed by atoms with Crippen LogP contribution in [-0.2, 0) is 0 Å². The van der Waals surface area contributed by atoms with Gasteiger partial charge in [-0.3, -0.25) is 4.99 Å². The van der Waals surface area contributed by atoms with Gasteiger partial charge in [-0.25, -0.2) is 4.39 Å². The molecule has 0 spiro atoms. The molecule has 0 aromatic heterocycles. The van der Waals surface area contributed by atoms with Crippen molar-refractivity contribution in [1.29, 1.82) is 0 Å². The zero-order valence-electron chi connectivity index (χ0n) is 8.87. The van der Waals surface area contributed by atoms with Gasteiger partial charge >= 0.3 is 0 Å². The Balaban J connectivity index is 2.12. The summed E-state index contributed by atoms with van der Waals surface area (Å²) in [7, 11) is 1.61. The first kappa shape index (κ1) is 11.2. The number of hydrogen-bond donors (Lipinski definition) is 2. The van der Waals surface area contributed by atoms with Gasteiger partial charge in [0.15, 0.2) is 5.96 Å². The number of nitrogens with two attached hydrogens (primary N) is 1. The minimum atomic E-state index is -0.256. The van der Waals surface area contributed by atoms with E-state index in [9.17, 15) is 4.39 Å². The van der Waals surface area contributed by atoms with Crippen LogP contribution in [-0.4, -0.2) is 19.0 Å². The topological polar surface area (TPSA) is 50.4 Å². The molecule has 0 aliphatic heterocycles. The summed E-state index contributed by atoms with van der Waals surface area (Å²) in [4.78, 5) is 3.80. The van der Waals surface area contributed by atoms with Crippen molar-refractivity contribution in [1.82, 2.24) is 5.32 Å². The van der Waals surface area contributed by atoms with E-state index < -0.39 is 0 Å². The van der Waals surface area contributed by atoms with Crippen molar-refractivity contribution in [3.8, 4) is 0 Å². The van der Waals surface area contributed by atoms with Crippen LogP contribution in [0.3, 0.4) is 0 Å². The molecule has 0 unspecified atom stereocenters. The van der Waals surface area contributed by atoms with Gasteiger partial charge in [-0.2, -0.15) is 0 Å². The molecule has 0 radical (unpaired) electrons. The second-order valence-electron chi connectivity index (χ2n) is 3.84. The molecule has 1 aliphatic carbocycles. The maximum absolute atomic E-state index is 13.6. The van der Waals surface area contributed by atoms with Gasteiger partial charge < -0.3 is 11.1 Å². The molecule has 3 N–H and O–H groups in total. The average Bonchev–Trinajstić information content (AvgIpc) is 2.97. The van der Waals surface area contributed by atoms with E-state index in [1.807, 2.05) is 0 Å². The van der Waals surface area contributed by atoms with Crippen LogP contribution in [0.4, 0.5) is 4.39 Å². The van der Waals surface area contributed by atoms with Gasteiger partial charge in [-0.15, -0.1) is 0 Å². The van der Waals surface area contributed by atoms with Crippen LogP contribution >= 0.6 is 11.6 Å². The van der Waals surface area contributed by atoms with Crippen LogP contribution in [0.5, 0.6) is 0 Å². The number of hydrogen-bond acceptors (Lipinski definition) is 1. The number of halogens is 2. The zero-order chi connectivity index (χ0) is 11.7. The smallest absolute Gasteiger partial charge is 0.188 e. The lowest BCUT2D eigenvalue weighted by atomic mass is 10.1. The highest BCUT2D eigenvalue weighted by atomic mass is 35.5. The molecular formula is C11H13ClFN3. The SMILES string of the molecule is CN=C(N)N[C@@H]1C[C@H]1c1c(F)cccc1Cl. The third-order valence-electron chi connectivity index (χ3n) is 2.74. The van der Waals surface area contributed by atoms with Crippen molar-refractivity contribution in [2.45, 2.75) is 18.4 Å². The zero-order valence-corrected chi connectivity index (χ0v) is 9.63. The first-order valence-electron chi connectivity index (χ1n) is 5.06. The first-order chi connectivity index (χ1) is 7.63. The van der Waals surface area contributed by atoms with Crippen LogP contribution in [0.15, 0.2) is 23.2 Å². The molecule has 1 saturated carbocycles.